The first-order chi connectivity index (χ1) is 20.2. The van der Waals surface area contributed by atoms with Gasteiger partial charge in [-0.1, -0.05) is 119 Å². The molecule has 3 atom stereocenters. The summed E-state index contributed by atoms with van der Waals surface area (Å²) in [5.41, 5.74) is 2.30. The summed E-state index contributed by atoms with van der Waals surface area (Å²) in [5.74, 6) is 4.33. The molecule has 1 aliphatic carbocycles. The summed E-state index contributed by atoms with van der Waals surface area (Å²) >= 11 is 7.86. The van der Waals surface area contributed by atoms with E-state index in [0.29, 0.717) is 12.6 Å². The molecule has 3 nitrogen and oxygen atoms in total. The van der Waals surface area contributed by atoms with Crippen LogP contribution in [-0.2, 0) is 0 Å². The van der Waals surface area contributed by atoms with E-state index in [-0.39, 0.29) is 12.1 Å². The second-order valence-corrected chi connectivity index (χ2v) is 12.8. The molecule has 2 aromatic carbocycles. The average Bonchev–Trinajstić information content (AvgIpc) is 2.97. The lowest BCUT2D eigenvalue weighted by atomic mass is 9.91. The predicted octanol–water partition coefficient (Wildman–Crippen LogP) is 10.1. The fraction of sp³-hybridized carbons (Fsp3) is 0.568. The number of benzene rings is 2. The smallest absolute Gasteiger partial charge is 0.0709 e. The van der Waals surface area contributed by atoms with Gasteiger partial charge >= 0.3 is 0 Å². The monoisotopic (exact) mass is 614 g/mol. The summed E-state index contributed by atoms with van der Waals surface area (Å²) in [6.07, 6.45) is 15.7. The van der Waals surface area contributed by atoms with Gasteiger partial charge in [-0.2, -0.15) is 0 Å². The SMILES string of the molecule is C#CC.C=C(NCC(O)CC)[C@H](CCC)NC(C)CCSc1cccc(Cl)c1.CC1CCCCC1.Cc1ccccc1. The van der Waals surface area contributed by atoms with Gasteiger partial charge in [0.25, 0.3) is 0 Å². The Morgan fingerprint density at radius 1 is 1.10 bits per heavy atom. The second kappa shape index (κ2) is 26.7. The van der Waals surface area contributed by atoms with Crippen molar-refractivity contribution in [2.24, 2.45) is 5.92 Å². The summed E-state index contributed by atoms with van der Waals surface area (Å²) in [4.78, 5) is 1.21. The molecule has 0 spiro atoms. The van der Waals surface area contributed by atoms with Gasteiger partial charge in [-0.25, -0.2) is 0 Å². The third-order valence-corrected chi connectivity index (χ3v) is 8.23. The fourth-order valence-corrected chi connectivity index (χ4v) is 5.69. The molecule has 0 bridgehead atoms. The summed E-state index contributed by atoms with van der Waals surface area (Å²) in [6.45, 7) is 17.2. The number of hydrogen-bond donors (Lipinski definition) is 3. The van der Waals surface area contributed by atoms with Gasteiger partial charge < -0.3 is 15.7 Å². The van der Waals surface area contributed by atoms with Crippen LogP contribution in [0.1, 0.15) is 98.0 Å². The number of nitrogens with one attached hydrogen (secondary N) is 2. The zero-order chi connectivity index (χ0) is 31.6. The number of thioether (sulfide) groups is 1. The largest absolute Gasteiger partial charge is 0.391 e. The van der Waals surface area contributed by atoms with Crippen LogP contribution in [0.5, 0.6) is 0 Å². The number of aryl methyl sites for hydroxylation is 1. The minimum Gasteiger partial charge on any atom is -0.391 e. The minimum absolute atomic E-state index is 0.236. The first kappa shape index (κ1) is 40.1. The van der Waals surface area contributed by atoms with Crippen molar-refractivity contribution >= 4 is 23.4 Å². The zero-order valence-electron chi connectivity index (χ0n) is 27.3. The Bertz CT molecular complexity index is 956. The molecule has 0 radical (unpaired) electrons. The maximum atomic E-state index is 9.71. The molecule has 236 valence electrons. The van der Waals surface area contributed by atoms with Crippen molar-refractivity contribution in [1.82, 2.24) is 10.6 Å². The van der Waals surface area contributed by atoms with Gasteiger partial charge in [0, 0.05) is 34.2 Å². The van der Waals surface area contributed by atoms with E-state index in [1.807, 2.05) is 55.1 Å². The summed E-state index contributed by atoms with van der Waals surface area (Å²) in [7, 11) is 0. The molecule has 0 heterocycles. The summed E-state index contributed by atoms with van der Waals surface area (Å²) in [6, 6.07) is 18.9. The lowest BCUT2D eigenvalue weighted by Gasteiger charge is -2.26. The number of rotatable bonds is 13. The molecule has 0 aliphatic heterocycles. The van der Waals surface area contributed by atoms with Crippen LogP contribution in [-0.4, -0.2) is 35.6 Å². The Hall–Kier alpha value is -1.90. The molecule has 2 unspecified atom stereocenters. The number of aliphatic hydroxyl groups is 1. The van der Waals surface area contributed by atoms with Gasteiger partial charge in [0.1, 0.15) is 0 Å². The molecule has 1 fully saturated rings. The van der Waals surface area contributed by atoms with E-state index in [1.165, 1.54) is 42.6 Å². The van der Waals surface area contributed by atoms with Crippen molar-refractivity contribution in [3.05, 3.63) is 77.5 Å². The van der Waals surface area contributed by atoms with Crippen molar-refractivity contribution < 1.29 is 5.11 Å². The van der Waals surface area contributed by atoms with Gasteiger partial charge in [0.2, 0.25) is 0 Å². The Balaban J connectivity index is 0.000000788. The highest BCUT2D eigenvalue weighted by molar-refractivity contribution is 7.99. The van der Waals surface area contributed by atoms with Crippen molar-refractivity contribution in [3.63, 3.8) is 0 Å². The third-order valence-electron chi connectivity index (χ3n) is 6.97. The second-order valence-electron chi connectivity index (χ2n) is 11.2. The highest BCUT2D eigenvalue weighted by atomic mass is 35.5. The zero-order valence-corrected chi connectivity index (χ0v) is 28.9. The molecular formula is C37H59ClN2OS. The van der Waals surface area contributed by atoms with Crippen LogP contribution in [0.2, 0.25) is 5.02 Å². The third kappa shape index (κ3) is 22.7. The van der Waals surface area contributed by atoms with Gasteiger partial charge in [-0.15, -0.1) is 24.1 Å². The van der Waals surface area contributed by atoms with E-state index in [9.17, 15) is 5.11 Å². The first-order valence-corrected chi connectivity index (χ1v) is 17.2. The number of hydrogen-bond acceptors (Lipinski definition) is 4. The van der Waals surface area contributed by atoms with Crippen molar-refractivity contribution in [1.29, 1.82) is 0 Å². The lowest BCUT2D eigenvalue weighted by Crippen LogP contribution is -2.42. The van der Waals surface area contributed by atoms with Crippen molar-refractivity contribution in [2.75, 3.05) is 12.3 Å². The molecule has 5 heteroatoms. The summed E-state index contributed by atoms with van der Waals surface area (Å²) < 4.78 is 0. The van der Waals surface area contributed by atoms with Crippen LogP contribution in [0.25, 0.3) is 0 Å². The van der Waals surface area contributed by atoms with Crippen LogP contribution in [0.4, 0.5) is 0 Å². The Morgan fingerprint density at radius 3 is 2.21 bits per heavy atom. The fourth-order valence-electron chi connectivity index (χ4n) is 4.34. The minimum atomic E-state index is -0.314. The summed E-state index contributed by atoms with van der Waals surface area (Å²) in [5, 5.41) is 17.5. The average molecular weight is 615 g/mol. The van der Waals surface area contributed by atoms with Crippen molar-refractivity contribution in [2.45, 2.75) is 122 Å². The molecule has 0 amide bonds. The highest BCUT2D eigenvalue weighted by Gasteiger charge is 2.15. The first-order valence-electron chi connectivity index (χ1n) is 15.8. The molecule has 3 rings (SSSR count). The van der Waals surface area contributed by atoms with Gasteiger partial charge in [-0.3, -0.25) is 0 Å². The molecule has 0 aromatic heterocycles. The standard InChI is InChI=1S/C20H33ClN2OS.C7H14.C7H8.C3H4/c1-5-8-20(16(4)22-14-18(24)6-2)23-15(3)11-12-25-19-10-7-9-17(21)13-19;2*1-7-5-3-2-4-6-7;1-3-2/h7,9-10,13,15,18,20,22-24H,4-6,8,11-12,14H2,1-3H3;7H,2-6H2,1H3;2-6H,1H3;1H,2H3/t15?,18?,20-;;;/m0.../s1. The van der Waals surface area contributed by atoms with E-state index < -0.39 is 0 Å². The van der Waals surface area contributed by atoms with Crippen LogP contribution >= 0.6 is 23.4 Å². The van der Waals surface area contributed by atoms with E-state index in [1.54, 1.807) is 6.92 Å². The van der Waals surface area contributed by atoms with Gasteiger partial charge in [0.15, 0.2) is 0 Å². The van der Waals surface area contributed by atoms with E-state index in [2.05, 4.69) is 75.5 Å². The van der Waals surface area contributed by atoms with Gasteiger partial charge in [0.05, 0.1) is 6.10 Å². The van der Waals surface area contributed by atoms with Crippen molar-refractivity contribution in [3.8, 4) is 12.3 Å². The predicted molar refractivity (Wildman–Crippen MR) is 189 cm³/mol. The normalized spacial score (nSPS) is 14.6. The Morgan fingerprint density at radius 2 is 1.74 bits per heavy atom. The van der Waals surface area contributed by atoms with Gasteiger partial charge in [-0.05, 0) is 69.9 Å². The molecule has 42 heavy (non-hydrogen) atoms. The highest BCUT2D eigenvalue weighted by Crippen LogP contribution is 2.23. The molecule has 3 N–H and O–H groups in total. The maximum Gasteiger partial charge on any atom is 0.0709 e. The Labute approximate surface area is 268 Å². The number of terminal acetylenes is 1. The molecular weight excluding hydrogens is 556 g/mol. The lowest BCUT2D eigenvalue weighted by molar-refractivity contribution is 0.169. The number of halogens is 1. The maximum absolute atomic E-state index is 9.71. The van der Waals surface area contributed by atoms with Crippen LogP contribution in [0.15, 0.2) is 71.8 Å². The van der Waals surface area contributed by atoms with E-state index in [0.717, 1.165) is 48.1 Å². The van der Waals surface area contributed by atoms with E-state index in [4.69, 9.17) is 11.6 Å². The topological polar surface area (TPSA) is 44.3 Å². The molecule has 0 saturated heterocycles. The van der Waals surface area contributed by atoms with Crippen LogP contribution in [0, 0.1) is 25.2 Å². The van der Waals surface area contributed by atoms with Crippen LogP contribution < -0.4 is 10.6 Å². The molecule has 1 aliphatic rings. The quantitative estimate of drug-likeness (QED) is 0.155. The molecule has 2 aromatic rings. The Kier molecular flexibility index (Phi) is 25.5. The van der Waals surface area contributed by atoms with Crippen LogP contribution in [0.3, 0.4) is 0 Å². The number of aliphatic hydroxyl groups excluding tert-OH is 1. The van der Waals surface area contributed by atoms with E-state index >= 15 is 0 Å². The molecule has 1 saturated carbocycles.